The van der Waals surface area contributed by atoms with Crippen molar-refractivity contribution in [2.24, 2.45) is 0 Å². The van der Waals surface area contributed by atoms with Gasteiger partial charge in [-0.15, -0.1) is 0 Å². The molecule has 0 amide bonds. The summed E-state index contributed by atoms with van der Waals surface area (Å²) >= 11 is 5.78. The molecule has 2 bridgehead atoms. The van der Waals surface area contributed by atoms with Crippen LogP contribution in [-0.4, -0.2) is 34.8 Å². The van der Waals surface area contributed by atoms with Crippen LogP contribution in [0.5, 0.6) is 0 Å². The Morgan fingerprint density at radius 1 is 1.67 bits per heavy atom. The lowest BCUT2D eigenvalue weighted by molar-refractivity contribution is 0.0167. The van der Waals surface area contributed by atoms with E-state index in [4.69, 9.17) is 16.3 Å². The van der Waals surface area contributed by atoms with Crippen LogP contribution in [-0.2, 0) is 4.74 Å². The zero-order valence-electron chi connectivity index (χ0n) is 8.48. The number of hydrogen-bond acceptors (Lipinski definition) is 4. The molecule has 0 aromatic carbocycles. The molecule has 5 heteroatoms. The normalized spacial score (nSPS) is 33.7. The molecule has 2 aliphatic rings. The molecule has 2 atom stereocenters. The highest BCUT2D eigenvalue weighted by Crippen LogP contribution is 2.39. The van der Waals surface area contributed by atoms with Crippen molar-refractivity contribution in [1.29, 1.82) is 0 Å². The van der Waals surface area contributed by atoms with Gasteiger partial charge in [0.1, 0.15) is 5.82 Å². The number of ether oxygens (including phenoxy) is 1. The summed E-state index contributed by atoms with van der Waals surface area (Å²) in [5, 5.41) is 0.307. The van der Waals surface area contributed by atoms with Gasteiger partial charge in [0.25, 0.3) is 0 Å². The minimum Gasteiger partial charge on any atom is -0.371 e. The lowest BCUT2D eigenvalue weighted by atomic mass is 10.1. The molecule has 0 saturated carbocycles. The van der Waals surface area contributed by atoms with Crippen LogP contribution in [0.25, 0.3) is 0 Å². The number of rotatable bonds is 1. The first-order valence-electron chi connectivity index (χ1n) is 5.05. The third-order valence-electron chi connectivity index (χ3n) is 3.14. The van der Waals surface area contributed by atoms with Crippen molar-refractivity contribution in [2.75, 3.05) is 18.1 Å². The molecule has 2 aliphatic heterocycles. The van der Waals surface area contributed by atoms with E-state index in [2.05, 4.69) is 21.8 Å². The molecule has 0 N–H and O–H groups in total. The molecular formula is C10H12ClN3O. The Morgan fingerprint density at radius 3 is 3.13 bits per heavy atom. The molecular weight excluding hydrogens is 214 g/mol. The highest BCUT2D eigenvalue weighted by atomic mass is 35.5. The molecule has 3 rings (SSSR count). The number of morpholine rings is 1. The van der Waals surface area contributed by atoms with Crippen molar-refractivity contribution >= 4 is 17.4 Å². The van der Waals surface area contributed by atoms with Crippen molar-refractivity contribution in [3.63, 3.8) is 0 Å². The van der Waals surface area contributed by atoms with Gasteiger partial charge >= 0.3 is 0 Å². The van der Waals surface area contributed by atoms with Crippen molar-refractivity contribution in [3.05, 3.63) is 17.5 Å². The van der Waals surface area contributed by atoms with Crippen LogP contribution in [0, 0.1) is 0 Å². The Bertz CT molecular complexity index is 400. The maximum Gasteiger partial charge on any atom is 0.224 e. The maximum absolute atomic E-state index is 5.78. The van der Waals surface area contributed by atoms with Crippen molar-refractivity contribution in [2.45, 2.75) is 25.0 Å². The highest BCUT2D eigenvalue weighted by Gasteiger charge is 2.48. The Balaban J connectivity index is 1.91. The third kappa shape index (κ3) is 1.48. The lowest BCUT2D eigenvalue weighted by Crippen LogP contribution is -2.41. The molecule has 80 valence electrons. The first kappa shape index (κ1) is 9.36. The Kier molecular flexibility index (Phi) is 1.91. The van der Waals surface area contributed by atoms with Gasteiger partial charge in [0, 0.05) is 19.2 Å². The Labute approximate surface area is 93.2 Å². The quantitative estimate of drug-likeness (QED) is 0.679. The smallest absolute Gasteiger partial charge is 0.224 e. The second kappa shape index (κ2) is 3.06. The van der Waals surface area contributed by atoms with Crippen LogP contribution >= 0.6 is 11.6 Å². The predicted octanol–water partition coefficient (Wildman–Crippen LogP) is 1.50. The average Bonchev–Trinajstić information content (AvgIpc) is 2.73. The van der Waals surface area contributed by atoms with E-state index in [1.54, 1.807) is 6.20 Å². The molecule has 3 heterocycles. The molecule has 1 aromatic heterocycles. The zero-order chi connectivity index (χ0) is 10.5. The van der Waals surface area contributed by atoms with Gasteiger partial charge in [-0.3, -0.25) is 0 Å². The summed E-state index contributed by atoms with van der Waals surface area (Å²) in [7, 11) is 0. The van der Waals surface area contributed by atoms with E-state index < -0.39 is 0 Å². The molecule has 2 fully saturated rings. The predicted molar refractivity (Wildman–Crippen MR) is 57.2 cm³/mol. The highest BCUT2D eigenvalue weighted by molar-refractivity contribution is 6.28. The van der Waals surface area contributed by atoms with Crippen molar-refractivity contribution in [3.8, 4) is 0 Å². The molecule has 1 aromatic rings. The summed E-state index contributed by atoms with van der Waals surface area (Å²) in [5.41, 5.74) is 0.00208. The minimum atomic E-state index is 0.00208. The lowest BCUT2D eigenvalue weighted by Gasteiger charge is -2.31. The second-order valence-electron chi connectivity index (χ2n) is 4.43. The van der Waals surface area contributed by atoms with E-state index in [0.29, 0.717) is 11.3 Å². The van der Waals surface area contributed by atoms with Gasteiger partial charge in [0.05, 0.1) is 18.2 Å². The average molecular weight is 226 g/mol. The van der Waals surface area contributed by atoms with E-state index in [0.717, 1.165) is 25.4 Å². The zero-order valence-corrected chi connectivity index (χ0v) is 9.24. The summed E-state index contributed by atoms with van der Waals surface area (Å²) in [6, 6.07) is 2.34. The van der Waals surface area contributed by atoms with Gasteiger partial charge in [0.2, 0.25) is 5.28 Å². The number of halogens is 1. The number of aromatic nitrogens is 2. The van der Waals surface area contributed by atoms with Crippen LogP contribution in [0.2, 0.25) is 5.28 Å². The van der Waals surface area contributed by atoms with E-state index >= 15 is 0 Å². The summed E-state index contributed by atoms with van der Waals surface area (Å²) in [6.45, 7) is 3.83. The van der Waals surface area contributed by atoms with Crippen LogP contribution in [0.3, 0.4) is 0 Å². The summed E-state index contributed by atoms with van der Waals surface area (Å²) in [5.74, 6) is 0.909. The van der Waals surface area contributed by atoms with Gasteiger partial charge in [-0.05, 0) is 24.6 Å². The van der Waals surface area contributed by atoms with E-state index in [-0.39, 0.29) is 5.60 Å². The van der Waals surface area contributed by atoms with Crippen molar-refractivity contribution in [1.82, 2.24) is 9.97 Å². The molecule has 4 nitrogen and oxygen atoms in total. The largest absolute Gasteiger partial charge is 0.371 e. The fourth-order valence-electron chi connectivity index (χ4n) is 2.47. The first-order valence-corrected chi connectivity index (χ1v) is 5.43. The molecule has 0 spiro atoms. The second-order valence-corrected chi connectivity index (χ2v) is 4.77. The number of hydrogen-bond donors (Lipinski definition) is 0. The Hall–Kier alpha value is -0.870. The minimum absolute atomic E-state index is 0.00208. The molecule has 0 aliphatic carbocycles. The van der Waals surface area contributed by atoms with Crippen LogP contribution in [0.15, 0.2) is 12.3 Å². The summed E-state index contributed by atoms with van der Waals surface area (Å²) < 4.78 is 5.70. The van der Waals surface area contributed by atoms with Gasteiger partial charge in [-0.1, -0.05) is 0 Å². The first-order chi connectivity index (χ1) is 7.16. The topological polar surface area (TPSA) is 38.2 Å². The van der Waals surface area contributed by atoms with Crippen LogP contribution < -0.4 is 4.90 Å². The van der Waals surface area contributed by atoms with Gasteiger partial charge in [0.15, 0.2) is 0 Å². The van der Waals surface area contributed by atoms with E-state index in [9.17, 15) is 0 Å². The summed E-state index contributed by atoms with van der Waals surface area (Å²) in [4.78, 5) is 10.4. The van der Waals surface area contributed by atoms with Crippen LogP contribution in [0.4, 0.5) is 5.82 Å². The van der Waals surface area contributed by atoms with Gasteiger partial charge in [-0.25, -0.2) is 9.97 Å². The molecule has 2 unspecified atom stereocenters. The fraction of sp³-hybridized carbons (Fsp3) is 0.600. The monoisotopic (exact) mass is 225 g/mol. The van der Waals surface area contributed by atoms with Gasteiger partial charge < -0.3 is 9.64 Å². The molecule has 2 saturated heterocycles. The van der Waals surface area contributed by atoms with Gasteiger partial charge in [-0.2, -0.15) is 0 Å². The number of fused-ring (bicyclic) bond motifs is 2. The number of anilines is 1. The van der Waals surface area contributed by atoms with E-state index in [1.165, 1.54) is 0 Å². The molecule has 0 radical (unpaired) electrons. The summed E-state index contributed by atoms with van der Waals surface area (Å²) in [6.07, 6.45) is 2.77. The molecule has 15 heavy (non-hydrogen) atoms. The maximum atomic E-state index is 5.78. The fourth-order valence-corrected chi connectivity index (χ4v) is 2.61. The standard InChI is InChI=1S/C10H12ClN3O/c1-10-4-7(5-15-10)14(6-10)8-2-3-12-9(11)13-8/h2-3,7H,4-6H2,1H3. The SMILES string of the molecule is CC12CC(CO1)N(c1ccnc(Cl)n1)C2. The Morgan fingerprint density at radius 2 is 2.53 bits per heavy atom. The van der Waals surface area contributed by atoms with Crippen molar-refractivity contribution < 1.29 is 4.74 Å². The van der Waals surface area contributed by atoms with Crippen LogP contribution in [0.1, 0.15) is 13.3 Å². The number of nitrogens with zero attached hydrogens (tertiary/aromatic N) is 3. The van der Waals surface area contributed by atoms with E-state index in [1.807, 2.05) is 6.07 Å². The third-order valence-corrected chi connectivity index (χ3v) is 3.33.